The van der Waals surface area contributed by atoms with Crippen LogP contribution in [0.5, 0.6) is 0 Å². The summed E-state index contributed by atoms with van der Waals surface area (Å²) in [5.74, 6) is 0.133. The summed E-state index contributed by atoms with van der Waals surface area (Å²) in [5.41, 5.74) is 2.80. The lowest BCUT2D eigenvalue weighted by molar-refractivity contribution is -0.120. The van der Waals surface area contributed by atoms with Gasteiger partial charge in [-0.25, -0.2) is 0 Å². The van der Waals surface area contributed by atoms with Crippen LogP contribution >= 0.6 is 11.6 Å². The third kappa shape index (κ3) is 4.49. The molecule has 0 aliphatic carbocycles. The molecule has 3 rings (SSSR count). The van der Waals surface area contributed by atoms with Gasteiger partial charge in [0.05, 0.1) is 11.4 Å². The molecule has 2 aromatic carbocycles. The maximum atomic E-state index is 12.5. The maximum Gasteiger partial charge on any atom is 0.227 e. The third-order valence-electron chi connectivity index (χ3n) is 4.28. The summed E-state index contributed by atoms with van der Waals surface area (Å²) in [5, 5.41) is 10.3. The normalized spacial score (nSPS) is 15.0. The van der Waals surface area contributed by atoms with E-state index < -0.39 is 0 Å². The molecule has 126 valence electrons. The Morgan fingerprint density at radius 3 is 2.58 bits per heavy atom. The van der Waals surface area contributed by atoms with Gasteiger partial charge in [0.1, 0.15) is 0 Å². The van der Waals surface area contributed by atoms with Crippen LogP contribution in [0, 0.1) is 5.92 Å². The number of piperidine rings is 1. The number of hydrogen-bond acceptors (Lipinski definition) is 3. The summed E-state index contributed by atoms with van der Waals surface area (Å²) >= 11 is 6.11. The molecule has 1 saturated heterocycles. The number of amides is 1. The Hall–Kier alpha value is -2.04. The van der Waals surface area contributed by atoms with E-state index in [1.165, 1.54) is 5.56 Å². The average Bonchev–Trinajstić information content (AvgIpc) is 2.62. The van der Waals surface area contributed by atoms with Gasteiger partial charge in [-0.15, -0.1) is 0 Å². The van der Waals surface area contributed by atoms with Gasteiger partial charge in [-0.05, 0) is 49.7 Å². The third-order valence-corrected chi connectivity index (χ3v) is 4.51. The number of halogens is 1. The van der Waals surface area contributed by atoms with Crippen molar-refractivity contribution in [2.75, 3.05) is 23.7 Å². The van der Waals surface area contributed by atoms with Crippen molar-refractivity contribution in [2.24, 2.45) is 5.92 Å². The van der Waals surface area contributed by atoms with Crippen molar-refractivity contribution < 1.29 is 4.79 Å². The molecular weight excluding hydrogens is 322 g/mol. The topological polar surface area (TPSA) is 53.2 Å². The fourth-order valence-corrected chi connectivity index (χ4v) is 3.06. The first-order valence-corrected chi connectivity index (χ1v) is 8.69. The molecule has 0 radical (unpaired) electrons. The van der Waals surface area contributed by atoms with Crippen LogP contribution in [-0.4, -0.2) is 19.0 Å². The van der Waals surface area contributed by atoms with Gasteiger partial charge in [-0.1, -0.05) is 41.9 Å². The van der Waals surface area contributed by atoms with E-state index in [1.54, 1.807) is 6.07 Å². The van der Waals surface area contributed by atoms with Crippen LogP contribution in [0.2, 0.25) is 5.02 Å². The Balaban J connectivity index is 1.69. The van der Waals surface area contributed by atoms with E-state index in [0.717, 1.165) is 37.3 Å². The zero-order chi connectivity index (χ0) is 16.8. The standard InChI is InChI=1S/C19H22ClN3O/c20-16-6-7-17(22-13-14-4-2-1-3-5-14)18(12-16)23-19(24)15-8-10-21-11-9-15/h1-7,12,15,21-22H,8-11,13H2,(H,23,24). The lowest BCUT2D eigenvalue weighted by Gasteiger charge is -2.22. The van der Waals surface area contributed by atoms with E-state index in [9.17, 15) is 4.79 Å². The maximum absolute atomic E-state index is 12.5. The number of benzene rings is 2. The van der Waals surface area contributed by atoms with E-state index in [1.807, 2.05) is 30.3 Å². The molecule has 5 heteroatoms. The number of anilines is 2. The highest BCUT2D eigenvalue weighted by atomic mass is 35.5. The van der Waals surface area contributed by atoms with Gasteiger partial charge in [0.15, 0.2) is 0 Å². The van der Waals surface area contributed by atoms with Crippen LogP contribution in [0.25, 0.3) is 0 Å². The van der Waals surface area contributed by atoms with Crippen molar-refractivity contribution in [3.05, 3.63) is 59.1 Å². The number of nitrogens with one attached hydrogen (secondary N) is 3. The molecule has 0 saturated carbocycles. The second-order valence-corrected chi connectivity index (χ2v) is 6.48. The van der Waals surface area contributed by atoms with Gasteiger partial charge in [0.2, 0.25) is 5.91 Å². The first-order chi connectivity index (χ1) is 11.7. The molecule has 1 aliphatic rings. The number of rotatable bonds is 5. The summed E-state index contributed by atoms with van der Waals surface area (Å²) in [6.45, 7) is 2.48. The van der Waals surface area contributed by atoms with Crippen molar-refractivity contribution in [1.82, 2.24) is 5.32 Å². The molecule has 3 N–H and O–H groups in total. The fraction of sp³-hybridized carbons (Fsp3) is 0.316. The highest BCUT2D eigenvalue weighted by Crippen LogP contribution is 2.27. The van der Waals surface area contributed by atoms with E-state index in [0.29, 0.717) is 11.6 Å². The minimum absolute atomic E-state index is 0.0622. The molecule has 0 bridgehead atoms. The average molecular weight is 344 g/mol. The predicted molar refractivity (Wildman–Crippen MR) is 99.4 cm³/mol. The summed E-state index contributed by atoms with van der Waals surface area (Å²) in [6, 6.07) is 15.7. The quantitative estimate of drug-likeness (QED) is 0.772. The second-order valence-electron chi connectivity index (χ2n) is 6.04. The molecule has 2 aromatic rings. The van der Waals surface area contributed by atoms with Crippen molar-refractivity contribution in [3.63, 3.8) is 0 Å². The summed E-state index contributed by atoms with van der Waals surface area (Å²) in [6.07, 6.45) is 1.75. The molecular formula is C19H22ClN3O. The van der Waals surface area contributed by atoms with Gasteiger partial charge < -0.3 is 16.0 Å². The first kappa shape index (κ1) is 16.8. The number of carbonyl (C=O) groups is 1. The van der Waals surface area contributed by atoms with Crippen LogP contribution in [0.4, 0.5) is 11.4 Å². The van der Waals surface area contributed by atoms with Crippen LogP contribution in [-0.2, 0) is 11.3 Å². The lowest BCUT2D eigenvalue weighted by atomic mass is 9.97. The van der Waals surface area contributed by atoms with Gasteiger partial charge >= 0.3 is 0 Å². The Bertz CT molecular complexity index is 684. The second kappa shape index (κ2) is 8.18. The minimum atomic E-state index is 0.0622. The molecule has 0 spiro atoms. The highest BCUT2D eigenvalue weighted by Gasteiger charge is 2.21. The molecule has 0 unspecified atom stereocenters. The molecule has 1 amide bonds. The van der Waals surface area contributed by atoms with Crippen molar-refractivity contribution >= 4 is 28.9 Å². The van der Waals surface area contributed by atoms with Gasteiger partial charge in [0.25, 0.3) is 0 Å². The summed E-state index contributed by atoms with van der Waals surface area (Å²) < 4.78 is 0. The van der Waals surface area contributed by atoms with E-state index in [4.69, 9.17) is 11.6 Å². The number of carbonyl (C=O) groups excluding carboxylic acids is 1. The SMILES string of the molecule is O=C(Nc1cc(Cl)ccc1NCc1ccccc1)C1CCNCC1. The predicted octanol–water partition coefficient (Wildman–Crippen LogP) is 3.89. The van der Waals surface area contributed by atoms with Crippen LogP contribution < -0.4 is 16.0 Å². The molecule has 24 heavy (non-hydrogen) atoms. The Kier molecular flexibility index (Phi) is 5.72. The van der Waals surface area contributed by atoms with Gasteiger partial charge in [0, 0.05) is 17.5 Å². The van der Waals surface area contributed by atoms with Gasteiger partial charge in [-0.2, -0.15) is 0 Å². The monoisotopic (exact) mass is 343 g/mol. The highest BCUT2D eigenvalue weighted by molar-refractivity contribution is 6.31. The largest absolute Gasteiger partial charge is 0.379 e. The smallest absolute Gasteiger partial charge is 0.227 e. The van der Waals surface area contributed by atoms with E-state index in [-0.39, 0.29) is 11.8 Å². The molecule has 0 atom stereocenters. The molecule has 4 nitrogen and oxygen atoms in total. The van der Waals surface area contributed by atoms with Crippen molar-refractivity contribution in [2.45, 2.75) is 19.4 Å². The Labute approximate surface area is 147 Å². The Morgan fingerprint density at radius 2 is 1.83 bits per heavy atom. The minimum Gasteiger partial charge on any atom is -0.379 e. The van der Waals surface area contributed by atoms with E-state index in [2.05, 4.69) is 28.1 Å². The molecule has 0 aromatic heterocycles. The fourth-order valence-electron chi connectivity index (χ4n) is 2.89. The van der Waals surface area contributed by atoms with Crippen molar-refractivity contribution in [3.8, 4) is 0 Å². The summed E-state index contributed by atoms with van der Waals surface area (Å²) in [7, 11) is 0. The lowest BCUT2D eigenvalue weighted by Crippen LogP contribution is -2.34. The summed E-state index contributed by atoms with van der Waals surface area (Å²) in [4.78, 5) is 12.5. The van der Waals surface area contributed by atoms with Crippen LogP contribution in [0.3, 0.4) is 0 Å². The van der Waals surface area contributed by atoms with Crippen molar-refractivity contribution in [1.29, 1.82) is 0 Å². The van der Waals surface area contributed by atoms with Crippen LogP contribution in [0.1, 0.15) is 18.4 Å². The van der Waals surface area contributed by atoms with Crippen LogP contribution in [0.15, 0.2) is 48.5 Å². The molecule has 1 heterocycles. The molecule has 1 fully saturated rings. The Morgan fingerprint density at radius 1 is 1.08 bits per heavy atom. The molecule has 1 aliphatic heterocycles. The van der Waals surface area contributed by atoms with E-state index >= 15 is 0 Å². The number of hydrogen-bond donors (Lipinski definition) is 3. The van der Waals surface area contributed by atoms with Gasteiger partial charge in [-0.3, -0.25) is 4.79 Å². The zero-order valence-corrected chi connectivity index (χ0v) is 14.3. The first-order valence-electron chi connectivity index (χ1n) is 8.31. The zero-order valence-electron chi connectivity index (χ0n) is 13.5.